The van der Waals surface area contributed by atoms with Crippen molar-refractivity contribution in [1.29, 1.82) is 0 Å². The van der Waals surface area contributed by atoms with Crippen LogP contribution in [0, 0.1) is 0 Å². The van der Waals surface area contributed by atoms with Gasteiger partial charge in [0.25, 0.3) is 0 Å². The van der Waals surface area contributed by atoms with Gasteiger partial charge in [-0.15, -0.1) is 11.3 Å². The van der Waals surface area contributed by atoms with Crippen molar-refractivity contribution >= 4 is 28.6 Å². The van der Waals surface area contributed by atoms with Crippen molar-refractivity contribution in [2.75, 3.05) is 44.9 Å². The molecule has 1 amide bonds. The van der Waals surface area contributed by atoms with Gasteiger partial charge in [-0.05, 0) is 23.8 Å². The maximum Gasteiger partial charge on any atom is 0.246 e. The number of benzene rings is 1. The molecular weight excluding hydrogens is 392 g/mol. The van der Waals surface area contributed by atoms with Crippen molar-refractivity contribution in [2.24, 2.45) is 5.10 Å². The summed E-state index contributed by atoms with van der Waals surface area (Å²) in [5, 5.41) is 6.84. The van der Waals surface area contributed by atoms with Crippen LogP contribution in [0.2, 0.25) is 0 Å². The number of nitrogens with one attached hydrogen (secondary N) is 1. The summed E-state index contributed by atoms with van der Waals surface area (Å²) < 4.78 is 16.2. The average molecular weight is 417 g/mol. The highest BCUT2D eigenvalue weighted by atomic mass is 32.1. The monoisotopic (exact) mass is 416 g/mol. The smallest absolute Gasteiger partial charge is 0.246 e. The van der Waals surface area contributed by atoms with Crippen molar-refractivity contribution in [2.45, 2.75) is 6.42 Å². The maximum atomic E-state index is 12.1. The van der Waals surface area contributed by atoms with Crippen molar-refractivity contribution in [3.05, 3.63) is 47.5 Å². The normalized spacial score (nSPS) is 14.0. The minimum Gasteiger partial charge on any atom is -0.493 e. The highest BCUT2D eigenvalue weighted by molar-refractivity contribution is 7.13. The number of methoxy groups -OCH3 is 1. The third-order valence-corrected chi connectivity index (χ3v) is 5.06. The first-order valence-electron chi connectivity index (χ1n) is 9.20. The lowest BCUT2D eigenvalue weighted by Crippen LogP contribution is -2.36. The lowest BCUT2D eigenvalue weighted by molar-refractivity contribution is -0.120. The SMILES string of the molecule is C=CCOc1ccc(/C=N\NC(=O)Cc2csc(N3CCOCC3)n2)cc1OC. The molecule has 0 aliphatic carbocycles. The Hall–Kier alpha value is -2.91. The van der Waals surface area contributed by atoms with Gasteiger partial charge in [0.1, 0.15) is 6.61 Å². The van der Waals surface area contributed by atoms with E-state index in [1.165, 1.54) is 11.3 Å². The Morgan fingerprint density at radius 2 is 2.24 bits per heavy atom. The zero-order valence-electron chi connectivity index (χ0n) is 16.3. The molecule has 2 heterocycles. The molecule has 1 aromatic heterocycles. The quantitative estimate of drug-likeness (QED) is 0.383. The topological polar surface area (TPSA) is 85.3 Å². The lowest BCUT2D eigenvalue weighted by Gasteiger charge is -2.26. The molecule has 0 saturated carbocycles. The number of anilines is 1. The van der Waals surface area contributed by atoms with Gasteiger partial charge in [-0.25, -0.2) is 10.4 Å². The third-order valence-electron chi connectivity index (χ3n) is 4.11. The van der Waals surface area contributed by atoms with Gasteiger partial charge < -0.3 is 19.1 Å². The molecule has 154 valence electrons. The molecule has 1 aliphatic rings. The summed E-state index contributed by atoms with van der Waals surface area (Å²) >= 11 is 1.54. The fourth-order valence-electron chi connectivity index (χ4n) is 2.69. The lowest BCUT2D eigenvalue weighted by atomic mass is 10.2. The largest absolute Gasteiger partial charge is 0.493 e. The van der Waals surface area contributed by atoms with Crippen LogP contribution in [0.5, 0.6) is 11.5 Å². The molecule has 8 nitrogen and oxygen atoms in total. The molecule has 29 heavy (non-hydrogen) atoms. The fraction of sp³-hybridized carbons (Fsp3) is 0.350. The number of rotatable bonds is 9. The summed E-state index contributed by atoms with van der Waals surface area (Å²) in [6.07, 6.45) is 3.39. The van der Waals surface area contributed by atoms with Gasteiger partial charge >= 0.3 is 0 Å². The molecule has 1 aromatic carbocycles. The first-order chi connectivity index (χ1) is 14.2. The van der Waals surface area contributed by atoms with Gasteiger partial charge in [0, 0.05) is 18.5 Å². The van der Waals surface area contributed by atoms with Crippen LogP contribution in [0.4, 0.5) is 5.13 Å². The number of nitrogens with zero attached hydrogens (tertiary/aromatic N) is 3. The van der Waals surface area contributed by atoms with E-state index in [0.717, 1.165) is 29.5 Å². The summed E-state index contributed by atoms with van der Waals surface area (Å²) in [5.74, 6) is 0.978. The van der Waals surface area contributed by atoms with Crippen LogP contribution in [0.15, 0.2) is 41.3 Å². The van der Waals surface area contributed by atoms with Crippen LogP contribution >= 0.6 is 11.3 Å². The molecule has 2 aromatic rings. The van der Waals surface area contributed by atoms with E-state index >= 15 is 0 Å². The van der Waals surface area contributed by atoms with E-state index in [0.29, 0.717) is 31.3 Å². The summed E-state index contributed by atoms with van der Waals surface area (Å²) in [5.41, 5.74) is 4.04. The second kappa shape index (κ2) is 10.6. The van der Waals surface area contributed by atoms with E-state index in [1.807, 2.05) is 11.4 Å². The zero-order chi connectivity index (χ0) is 20.5. The second-order valence-corrected chi connectivity index (χ2v) is 7.04. The minimum absolute atomic E-state index is 0.176. The summed E-state index contributed by atoms with van der Waals surface area (Å²) in [6, 6.07) is 5.39. The number of ether oxygens (including phenoxy) is 3. The number of carbonyl (C=O) groups excluding carboxylic acids is 1. The first-order valence-corrected chi connectivity index (χ1v) is 10.1. The number of hydrazone groups is 1. The van der Waals surface area contributed by atoms with Crippen molar-refractivity contribution in [3.8, 4) is 11.5 Å². The van der Waals surface area contributed by atoms with E-state index < -0.39 is 0 Å². The molecule has 0 bridgehead atoms. The molecule has 9 heteroatoms. The number of aromatic nitrogens is 1. The van der Waals surface area contributed by atoms with Gasteiger partial charge in [0.2, 0.25) is 5.91 Å². The Morgan fingerprint density at radius 3 is 3.00 bits per heavy atom. The van der Waals surface area contributed by atoms with Crippen molar-refractivity contribution in [1.82, 2.24) is 10.4 Å². The van der Waals surface area contributed by atoms with E-state index in [-0.39, 0.29) is 12.3 Å². The van der Waals surface area contributed by atoms with Crippen molar-refractivity contribution in [3.63, 3.8) is 0 Å². The number of carbonyl (C=O) groups is 1. The molecular formula is C20H24N4O4S. The third kappa shape index (κ3) is 6.03. The average Bonchev–Trinajstić information content (AvgIpc) is 3.21. The highest BCUT2D eigenvalue weighted by Crippen LogP contribution is 2.27. The summed E-state index contributed by atoms with van der Waals surface area (Å²) in [6.45, 7) is 7.07. The zero-order valence-corrected chi connectivity index (χ0v) is 17.1. The van der Waals surface area contributed by atoms with Gasteiger partial charge in [-0.2, -0.15) is 5.10 Å². The van der Waals surface area contributed by atoms with Crippen LogP contribution in [0.25, 0.3) is 0 Å². The molecule has 0 atom stereocenters. The fourth-order valence-corrected chi connectivity index (χ4v) is 3.57. The molecule has 3 rings (SSSR count). The molecule has 0 radical (unpaired) electrons. The van der Waals surface area contributed by atoms with Crippen molar-refractivity contribution < 1.29 is 19.0 Å². The van der Waals surface area contributed by atoms with E-state index in [2.05, 4.69) is 27.0 Å². The number of hydrogen-bond acceptors (Lipinski definition) is 8. The molecule has 1 fully saturated rings. The molecule has 1 N–H and O–H groups in total. The second-order valence-electron chi connectivity index (χ2n) is 6.20. The summed E-state index contributed by atoms with van der Waals surface area (Å²) in [7, 11) is 1.57. The van der Waals surface area contributed by atoms with Crippen LogP contribution in [0.1, 0.15) is 11.3 Å². The minimum atomic E-state index is -0.224. The Balaban J connectivity index is 1.51. The number of hydrogen-bond donors (Lipinski definition) is 1. The predicted octanol–water partition coefficient (Wildman–Crippen LogP) is 2.25. The Bertz CT molecular complexity index is 862. The van der Waals surface area contributed by atoms with Crippen LogP contribution in [-0.4, -0.2) is 57.1 Å². The standard InChI is InChI=1S/C20H24N4O4S/c1-3-8-28-17-5-4-15(11-18(17)26-2)13-21-23-19(25)12-16-14-29-20(22-16)24-6-9-27-10-7-24/h3-5,11,13-14H,1,6-10,12H2,2H3,(H,23,25)/b21-13-. The highest BCUT2D eigenvalue weighted by Gasteiger charge is 2.15. The number of morpholine rings is 1. The van der Waals surface area contributed by atoms with Crippen LogP contribution in [0.3, 0.4) is 0 Å². The first kappa shape index (κ1) is 20.8. The Labute approximate surface area is 173 Å². The van der Waals surface area contributed by atoms with E-state index in [4.69, 9.17) is 14.2 Å². The van der Waals surface area contributed by atoms with Gasteiger partial charge in [0.05, 0.1) is 38.7 Å². The number of amides is 1. The molecule has 0 unspecified atom stereocenters. The van der Waals surface area contributed by atoms with Crippen LogP contribution in [-0.2, 0) is 16.0 Å². The molecule has 1 saturated heterocycles. The molecule has 0 spiro atoms. The molecule has 1 aliphatic heterocycles. The summed E-state index contributed by atoms with van der Waals surface area (Å²) in [4.78, 5) is 18.8. The number of thiazole rings is 1. The Morgan fingerprint density at radius 1 is 1.41 bits per heavy atom. The van der Waals surface area contributed by atoms with E-state index in [9.17, 15) is 4.79 Å². The van der Waals surface area contributed by atoms with Gasteiger partial charge in [-0.1, -0.05) is 12.7 Å². The Kier molecular flexibility index (Phi) is 7.60. The maximum absolute atomic E-state index is 12.1. The van der Waals surface area contributed by atoms with Gasteiger partial charge in [-0.3, -0.25) is 4.79 Å². The predicted molar refractivity (Wildman–Crippen MR) is 113 cm³/mol. The van der Waals surface area contributed by atoms with Crippen LogP contribution < -0.4 is 19.8 Å². The van der Waals surface area contributed by atoms with Gasteiger partial charge in [0.15, 0.2) is 16.6 Å². The van der Waals surface area contributed by atoms with E-state index in [1.54, 1.807) is 31.5 Å².